The van der Waals surface area contributed by atoms with Crippen LogP contribution < -0.4 is 0 Å². The van der Waals surface area contributed by atoms with Crippen molar-refractivity contribution in [2.24, 2.45) is 0 Å². The second-order valence-electron chi connectivity index (χ2n) is 9.11. The summed E-state index contributed by atoms with van der Waals surface area (Å²) in [6.45, 7) is 6.74. The second kappa shape index (κ2) is 8.85. The standard InChI is InChI=1S/C22H30BrNO6/c1-20(2,3)30-19(27)24-11-8-21(9-12-24)15-22(10-13-28-21,29-14-18(25)26)16-4-6-17(23)7-5-16/h4-7H,8-15H2,1-3H3,(H,25,26). The Morgan fingerprint density at radius 1 is 1.17 bits per heavy atom. The third-order valence-corrected chi connectivity index (χ3v) is 6.22. The van der Waals surface area contributed by atoms with Gasteiger partial charge in [0.05, 0.1) is 17.8 Å². The van der Waals surface area contributed by atoms with Crippen molar-refractivity contribution < 1.29 is 28.9 Å². The maximum absolute atomic E-state index is 12.4. The maximum Gasteiger partial charge on any atom is 0.410 e. The summed E-state index contributed by atoms with van der Waals surface area (Å²) >= 11 is 3.45. The summed E-state index contributed by atoms with van der Waals surface area (Å²) in [6, 6.07) is 7.82. The van der Waals surface area contributed by atoms with Crippen LogP contribution in [0.3, 0.4) is 0 Å². The third kappa shape index (κ3) is 5.53. The predicted molar refractivity (Wildman–Crippen MR) is 114 cm³/mol. The molecule has 2 aliphatic heterocycles. The van der Waals surface area contributed by atoms with Crippen LogP contribution in [0, 0.1) is 0 Å². The minimum atomic E-state index is -0.994. The van der Waals surface area contributed by atoms with Crippen LogP contribution in [0.1, 0.15) is 52.0 Å². The number of carboxylic acids is 1. The molecular weight excluding hydrogens is 454 g/mol. The zero-order valence-corrected chi connectivity index (χ0v) is 19.4. The molecule has 1 spiro atoms. The summed E-state index contributed by atoms with van der Waals surface area (Å²) in [5, 5.41) is 9.22. The van der Waals surface area contributed by atoms with Crippen molar-refractivity contribution in [2.75, 3.05) is 26.3 Å². The maximum atomic E-state index is 12.4. The number of carbonyl (C=O) groups is 2. The van der Waals surface area contributed by atoms with E-state index in [1.807, 2.05) is 45.0 Å². The molecule has 0 saturated carbocycles. The van der Waals surface area contributed by atoms with Gasteiger partial charge in [0.25, 0.3) is 0 Å². The number of carboxylic acid groups (broad SMARTS) is 1. The molecule has 2 fully saturated rings. The van der Waals surface area contributed by atoms with Crippen molar-refractivity contribution in [1.29, 1.82) is 0 Å². The van der Waals surface area contributed by atoms with Gasteiger partial charge in [-0.15, -0.1) is 0 Å². The van der Waals surface area contributed by atoms with E-state index < -0.39 is 22.8 Å². The molecule has 7 nitrogen and oxygen atoms in total. The third-order valence-electron chi connectivity index (χ3n) is 5.69. The van der Waals surface area contributed by atoms with Gasteiger partial charge in [0.2, 0.25) is 0 Å². The number of carbonyl (C=O) groups excluding carboxylic acids is 1. The van der Waals surface area contributed by atoms with E-state index in [9.17, 15) is 14.7 Å². The number of amides is 1. The van der Waals surface area contributed by atoms with Crippen LogP contribution in [0.2, 0.25) is 0 Å². The van der Waals surface area contributed by atoms with Crippen LogP contribution in [0.5, 0.6) is 0 Å². The van der Waals surface area contributed by atoms with E-state index in [1.165, 1.54) is 0 Å². The molecule has 0 aromatic heterocycles. The van der Waals surface area contributed by atoms with Crippen LogP contribution in [-0.2, 0) is 24.6 Å². The first-order valence-electron chi connectivity index (χ1n) is 10.3. The molecule has 1 aromatic rings. The van der Waals surface area contributed by atoms with Gasteiger partial charge in [0, 0.05) is 30.4 Å². The normalized spacial score (nSPS) is 23.9. The molecular formula is C22H30BrNO6. The zero-order valence-electron chi connectivity index (χ0n) is 17.8. The van der Waals surface area contributed by atoms with Gasteiger partial charge in [-0.2, -0.15) is 0 Å². The Hall–Kier alpha value is -1.64. The van der Waals surface area contributed by atoms with Crippen molar-refractivity contribution in [2.45, 2.75) is 63.3 Å². The molecule has 1 aromatic carbocycles. The Labute approximate surface area is 185 Å². The lowest BCUT2D eigenvalue weighted by atomic mass is 9.74. The highest BCUT2D eigenvalue weighted by molar-refractivity contribution is 9.10. The first-order chi connectivity index (χ1) is 14.0. The molecule has 2 saturated heterocycles. The lowest BCUT2D eigenvalue weighted by Gasteiger charge is -2.50. The Morgan fingerprint density at radius 2 is 1.80 bits per heavy atom. The molecule has 0 radical (unpaired) electrons. The van der Waals surface area contributed by atoms with Crippen LogP contribution in [0.15, 0.2) is 28.7 Å². The number of hydrogen-bond donors (Lipinski definition) is 1. The smallest absolute Gasteiger partial charge is 0.410 e. The van der Waals surface area contributed by atoms with Crippen molar-refractivity contribution in [3.8, 4) is 0 Å². The molecule has 2 aliphatic rings. The van der Waals surface area contributed by atoms with Gasteiger partial charge in [0.1, 0.15) is 12.2 Å². The summed E-state index contributed by atoms with van der Waals surface area (Å²) < 4.78 is 18.7. The topological polar surface area (TPSA) is 85.3 Å². The fraction of sp³-hybridized carbons (Fsp3) is 0.636. The van der Waals surface area contributed by atoms with Crippen LogP contribution in [0.25, 0.3) is 0 Å². The number of rotatable bonds is 4. The summed E-state index contributed by atoms with van der Waals surface area (Å²) in [4.78, 5) is 25.4. The Bertz CT molecular complexity index is 767. The molecule has 3 rings (SSSR count). The molecule has 0 aliphatic carbocycles. The minimum Gasteiger partial charge on any atom is -0.480 e. The molecule has 1 atom stereocenters. The molecule has 1 unspecified atom stereocenters. The molecule has 30 heavy (non-hydrogen) atoms. The van der Waals surface area contributed by atoms with E-state index in [1.54, 1.807) is 4.90 Å². The number of halogens is 1. The summed E-state index contributed by atoms with van der Waals surface area (Å²) in [6.07, 6.45) is 2.13. The van der Waals surface area contributed by atoms with Crippen LogP contribution in [0.4, 0.5) is 4.79 Å². The van der Waals surface area contributed by atoms with Gasteiger partial charge in [-0.05, 0) is 51.3 Å². The Balaban J connectivity index is 1.76. The van der Waals surface area contributed by atoms with Crippen molar-refractivity contribution in [3.63, 3.8) is 0 Å². The first-order valence-corrected chi connectivity index (χ1v) is 11.1. The summed E-state index contributed by atoms with van der Waals surface area (Å²) in [7, 11) is 0. The van der Waals surface area contributed by atoms with E-state index >= 15 is 0 Å². The highest BCUT2D eigenvalue weighted by atomic mass is 79.9. The number of likely N-dealkylation sites (tertiary alicyclic amines) is 1. The van der Waals surface area contributed by atoms with Crippen LogP contribution in [-0.4, -0.2) is 59.6 Å². The largest absolute Gasteiger partial charge is 0.480 e. The SMILES string of the molecule is CC(C)(C)OC(=O)N1CCC2(CC1)CC(OCC(=O)O)(c1ccc(Br)cc1)CCO2. The monoisotopic (exact) mass is 483 g/mol. The number of benzene rings is 1. The Morgan fingerprint density at radius 3 is 2.37 bits per heavy atom. The van der Waals surface area contributed by atoms with E-state index in [2.05, 4.69) is 15.9 Å². The molecule has 1 amide bonds. The highest BCUT2D eigenvalue weighted by Crippen LogP contribution is 2.47. The summed E-state index contributed by atoms with van der Waals surface area (Å²) in [5.41, 5.74) is -0.771. The summed E-state index contributed by atoms with van der Waals surface area (Å²) in [5.74, 6) is -0.994. The van der Waals surface area contributed by atoms with E-state index in [4.69, 9.17) is 14.2 Å². The van der Waals surface area contributed by atoms with Gasteiger partial charge in [-0.1, -0.05) is 28.1 Å². The minimum absolute atomic E-state index is 0.311. The molecule has 1 N–H and O–H groups in total. The number of ether oxygens (including phenoxy) is 3. The fourth-order valence-corrected chi connectivity index (χ4v) is 4.51. The molecule has 8 heteroatoms. The van der Waals surface area contributed by atoms with Crippen molar-refractivity contribution >= 4 is 28.0 Å². The quantitative estimate of drug-likeness (QED) is 0.685. The van der Waals surface area contributed by atoms with Gasteiger partial charge < -0.3 is 24.2 Å². The average molecular weight is 484 g/mol. The number of aliphatic carboxylic acids is 1. The average Bonchev–Trinajstić information content (AvgIpc) is 2.66. The highest BCUT2D eigenvalue weighted by Gasteiger charge is 2.49. The van der Waals surface area contributed by atoms with E-state index in [0.717, 1.165) is 10.0 Å². The van der Waals surface area contributed by atoms with E-state index in [-0.39, 0.29) is 12.7 Å². The fourth-order valence-electron chi connectivity index (χ4n) is 4.24. The second-order valence-corrected chi connectivity index (χ2v) is 10.0. The van der Waals surface area contributed by atoms with E-state index in [0.29, 0.717) is 45.4 Å². The predicted octanol–water partition coefficient (Wildman–Crippen LogP) is 4.33. The van der Waals surface area contributed by atoms with Crippen molar-refractivity contribution in [1.82, 2.24) is 4.90 Å². The van der Waals surface area contributed by atoms with Crippen LogP contribution >= 0.6 is 15.9 Å². The molecule has 166 valence electrons. The van der Waals surface area contributed by atoms with Crippen molar-refractivity contribution in [3.05, 3.63) is 34.3 Å². The Kier molecular flexibility index (Phi) is 6.79. The van der Waals surface area contributed by atoms with Gasteiger partial charge in [-0.25, -0.2) is 9.59 Å². The molecule has 0 bridgehead atoms. The zero-order chi connectivity index (χ0) is 22.0. The molecule has 2 heterocycles. The number of hydrogen-bond acceptors (Lipinski definition) is 5. The van der Waals surface area contributed by atoms with Gasteiger partial charge >= 0.3 is 12.1 Å². The van der Waals surface area contributed by atoms with Gasteiger partial charge in [0.15, 0.2) is 0 Å². The first kappa shape index (κ1) is 23.0. The lowest BCUT2D eigenvalue weighted by Crippen LogP contribution is -2.55. The van der Waals surface area contributed by atoms with Gasteiger partial charge in [-0.3, -0.25) is 0 Å². The number of piperidine rings is 1. The lowest BCUT2D eigenvalue weighted by molar-refractivity contribution is -0.204. The number of nitrogens with zero attached hydrogens (tertiary/aromatic N) is 1.